The van der Waals surface area contributed by atoms with Crippen LogP contribution in [0.1, 0.15) is 64.0 Å². The van der Waals surface area contributed by atoms with Gasteiger partial charge in [0, 0.05) is 29.6 Å². The molecule has 3 heterocycles. The van der Waals surface area contributed by atoms with Crippen molar-refractivity contribution >= 4 is 34.8 Å². The molecule has 1 N–H and O–H groups in total. The average Bonchev–Trinajstić information content (AvgIpc) is 3.86. The molecule has 2 fully saturated rings. The molecule has 0 radical (unpaired) electrons. The zero-order chi connectivity index (χ0) is 35.5. The number of aliphatic hydroxyl groups is 1. The molecular formula is C43H40N2O5S. The SMILES string of the molecule is CC#CCC12C3CC(CC3O)C1c1cc(-c3sc(-c4ccc(/C=C(\C#N)C(=O)OC(C)(C)C)cc4)c4c3OCCO4)ccc1N2c1ccccc1. The van der Waals surface area contributed by atoms with Gasteiger partial charge in [0.05, 0.1) is 21.4 Å². The Kier molecular flexibility index (Phi) is 8.21. The van der Waals surface area contributed by atoms with E-state index in [9.17, 15) is 15.2 Å². The first-order chi connectivity index (χ1) is 24.6. The highest BCUT2D eigenvalue weighted by atomic mass is 32.1. The number of anilines is 2. The number of thiophene rings is 1. The number of hydrogen-bond donors (Lipinski definition) is 1. The summed E-state index contributed by atoms with van der Waals surface area (Å²) in [5.74, 6) is 8.22. The third-order valence-electron chi connectivity index (χ3n) is 10.7. The molecule has 5 atom stereocenters. The van der Waals surface area contributed by atoms with Crippen molar-refractivity contribution in [1.82, 2.24) is 0 Å². The van der Waals surface area contributed by atoms with Gasteiger partial charge in [-0.3, -0.25) is 0 Å². The Morgan fingerprint density at radius 3 is 2.37 bits per heavy atom. The smallest absolute Gasteiger partial charge is 0.349 e. The molecule has 2 bridgehead atoms. The van der Waals surface area contributed by atoms with Crippen molar-refractivity contribution in [2.75, 3.05) is 18.1 Å². The third-order valence-corrected chi connectivity index (χ3v) is 11.9. The molecule has 2 aliphatic carbocycles. The van der Waals surface area contributed by atoms with Crippen LogP contribution in [0.4, 0.5) is 11.4 Å². The van der Waals surface area contributed by atoms with Gasteiger partial charge in [0.15, 0.2) is 11.5 Å². The van der Waals surface area contributed by atoms with E-state index in [4.69, 9.17) is 14.2 Å². The van der Waals surface area contributed by atoms with E-state index in [1.54, 1.807) is 38.2 Å². The van der Waals surface area contributed by atoms with Crippen LogP contribution in [0.2, 0.25) is 0 Å². The fourth-order valence-electron chi connectivity index (χ4n) is 8.91. The Balaban J connectivity index is 1.19. The minimum absolute atomic E-state index is 0.0524. The number of nitrogens with zero attached hydrogens (tertiary/aromatic N) is 2. The Morgan fingerprint density at radius 2 is 1.71 bits per heavy atom. The van der Waals surface area contributed by atoms with Gasteiger partial charge in [0.2, 0.25) is 0 Å². The van der Waals surface area contributed by atoms with Gasteiger partial charge in [-0.05, 0) is 99.0 Å². The molecule has 8 rings (SSSR count). The summed E-state index contributed by atoms with van der Waals surface area (Å²) >= 11 is 1.65. The lowest BCUT2D eigenvalue weighted by Crippen LogP contribution is -2.54. The molecular weight excluding hydrogens is 657 g/mol. The van der Waals surface area contributed by atoms with Crippen molar-refractivity contribution in [3.63, 3.8) is 0 Å². The van der Waals surface area contributed by atoms with Crippen molar-refractivity contribution < 1.29 is 24.1 Å². The molecule has 2 aliphatic heterocycles. The second-order valence-corrected chi connectivity index (χ2v) is 15.9. The second-order valence-electron chi connectivity index (χ2n) is 14.8. The van der Waals surface area contributed by atoms with Crippen LogP contribution in [0.3, 0.4) is 0 Å². The number of fused-ring (bicyclic) bond motifs is 8. The Bertz CT molecular complexity index is 2150. The summed E-state index contributed by atoms with van der Waals surface area (Å²) in [6.07, 6.45) is 3.72. The quantitative estimate of drug-likeness (QED) is 0.0932. The molecule has 0 saturated heterocycles. The first-order valence-corrected chi connectivity index (χ1v) is 18.4. The van der Waals surface area contributed by atoms with Crippen LogP contribution in [0.15, 0.2) is 78.4 Å². The molecule has 0 spiro atoms. The van der Waals surface area contributed by atoms with Crippen molar-refractivity contribution in [2.24, 2.45) is 11.8 Å². The zero-order valence-electron chi connectivity index (χ0n) is 29.2. The van der Waals surface area contributed by atoms with Crippen molar-refractivity contribution in [3.05, 3.63) is 89.5 Å². The zero-order valence-corrected chi connectivity index (χ0v) is 30.0. The minimum Gasteiger partial charge on any atom is -0.485 e. The highest BCUT2D eigenvalue weighted by Gasteiger charge is 2.68. The summed E-state index contributed by atoms with van der Waals surface area (Å²) in [4.78, 5) is 17.0. The summed E-state index contributed by atoms with van der Waals surface area (Å²) in [6.45, 7) is 8.16. The number of rotatable bonds is 6. The Labute approximate surface area is 303 Å². The lowest BCUT2D eigenvalue weighted by atomic mass is 9.68. The number of carbonyl (C=O) groups excluding carboxylic acids is 1. The van der Waals surface area contributed by atoms with E-state index in [2.05, 4.69) is 59.2 Å². The molecule has 4 aliphatic rings. The summed E-state index contributed by atoms with van der Waals surface area (Å²) in [5.41, 5.74) is 5.31. The van der Waals surface area contributed by atoms with Gasteiger partial charge < -0.3 is 24.2 Å². The largest absolute Gasteiger partial charge is 0.485 e. The fraction of sp³-hybridized carbons (Fsp3) is 0.349. The van der Waals surface area contributed by atoms with Crippen molar-refractivity contribution in [2.45, 2.75) is 70.1 Å². The van der Waals surface area contributed by atoms with Gasteiger partial charge >= 0.3 is 5.97 Å². The molecule has 51 heavy (non-hydrogen) atoms. The third kappa shape index (κ3) is 5.49. The van der Waals surface area contributed by atoms with Gasteiger partial charge in [0.25, 0.3) is 0 Å². The van der Waals surface area contributed by atoms with Crippen LogP contribution in [0, 0.1) is 35.0 Å². The van der Waals surface area contributed by atoms with Crippen LogP contribution in [-0.2, 0) is 9.53 Å². The number of esters is 1. The first-order valence-electron chi connectivity index (χ1n) is 17.6. The van der Waals surface area contributed by atoms with E-state index in [-0.39, 0.29) is 29.1 Å². The van der Waals surface area contributed by atoms with E-state index in [0.717, 1.165) is 56.5 Å². The van der Waals surface area contributed by atoms with E-state index in [0.29, 0.717) is 25.6 Å². The number of ether oxygens (including phenoxy) is 3. The highest BCUT2D eigenvalue weighted by molar-refractivity contribution is 7.19. The van der Waals surface area contributed by atoms with Gasteiger partial charge in [-0.15, -0.1) is 23.2 Å². The van der Waals surface area contributed by atoms with E-state index in [1.807, 2.05) is 43.3 Å². The number of para-hydroxylation sites is 1. The molecule has 2 saturated carbocycles. The second kappa shape index (κ2) is 12.6. The number of nitriles is 1. The van der Waals surface area contributed by atoms with Gasteiger partial charge in [-0.2, -0.15) is 5.26 Å². The number of hydrogen-bond acceptors (Lipinski definition) is 8. The van der Waals surface area contributed by atoms with E-state index < -0.39 is 11.6 Å². The van der Waals surface area contributed by atoms with Crippen molar-refractivity contribution in [1.29, 1.82) is 5.26 Å². The Morgan fingerprint density at radius 1 is 1.02 bits per heavy atom. The molecule has 258 valence electrons. The summed E-state index contributed by atoms with van der Waals surface area (Å²) in [6, 6.07) is 27.1. The van der Waals surface area contributed by atoms with Crippen LogP contribution in [0.25, 0.3) is 27.0 Å². The van der Waals surface area contributed by atoms with Gasteiger partial charge in [-0.25, -0.2) is 4.79 Å². The van der Waals surface area contributed by atoms with Crippen LogP contribution < -0.4 is 14.4 Å². The maximum Gasteiger partial charge on any atom is 0.349 e. The van der Waals surface area contributed by atoms with Gasteiger partial charge in [-0.1, -0.05) is 48.5 Å². The minimum atomic E-state index is -0.693. The lowest BCUT2D eigenvalue weighted by Gasteiger charge is -2.47. The van der Waals surface area contributed by atoms with Crippen LogP contribution >= 0.6 is 11.3 Å². The molecule has 1 aromatic heterocycles. The average molecular weight is 697 g/mol. The number of carbonyl (C=O) groups is 1. The summed E-state index contributed by atoms with van der Waals surface area (Å²) < 4.78 is 18.0. The molecule has 4 aromatic rings. The molecule has 3 aromatic carbocycles. The maximum atomic E-state index is 12.6. The van der Waals surface area contributed by atoms with E-state index >= 15 is 0 Å². The monoisotopic (exact) mass is 696 g/mol. The fourth-order valence-corrected chi connectivity index (χ4v) is 10.1. The summed E-state index contributed by atoms with van der Waals surface area (Å²) in [7, 11) is 0. The normalized spacial score (nSPS) is 24.3. The van der Waals surface area contributed by atoms with Gasteiger partial charge in [0.1, 0.15) is 30.5 Å². The lowest BCUT2D eigenvalue weighted by molar-refractivity contribution is -0.149. The predicted octanol–water partition coefficient (Wildman–Crippen LogP) is 8.89. The standard InChI is InChI=1S/C43H40N2O5S/c1-5-6-18-43-33-23-29(24-35(33)46)36(43)32-22-28(16-17-34(32)45(43)31-10-8-7-9-11-31)40-38-37(48-19-20-49-38)39(51-40)27-14-12-26(13-15-27)21-30(25-44)41(47)50-42(2,3)4/h7-17,21-22,29,33,35-36,46H,18-20,23-24H2,1-4H3/b30-21+. The summed E-state index contributed by atoms with van der Waals surface area (Å²) in [5, 5.41) is 21.0. The van der Waals surface area contributed by atoms with Crippen LogP contribution in [0.5, 0.6) is 11.5 Å². The molecule has 8 heteroatoms. The maximum absolute atomic E-state index is 12.6. The topological polar surface area (TPSA) is 92.0 Å². The number of benzene rings is 3. The van der Waals surface area contributed by atoms with Crippen LogP contribution in [-0.4, -0.2) is 41.5 Å². The molecule has 7 nitrogen and oxygen atoms in total. The molecule has 0 amide bonds. The predicted molar refractivity (Wildman–Crippen MR) is 200 cm³/mol. The van der Waals surface area contributed by atoms with E-state index in [1.165, 1.54) is 11.3 Å². The molecule has 5 unspecified atom stereocenters. The first kappa shape index (κ1) is 33.1. The van der Waals surface area contributed by atoms with Crippen molar-refractivity contribution in [3.8, 4) is 50.3 Å². The Hall–Kier alpha value is -5.02. The highest BCUT2D eigenvalue weighted by Crippen LogP contribution is 2.69. The number of aliphatic hydroxyl groups excluding tert-OH is 1.